The molecule has 0 heterocycles. The molecule has 1 saturated carbocycles. The first-order valence-electron chi connectivity index (χ1n) is 8.27. The van der Waals surface area contributed by atoms with E-state index in [1.54, 1.807) is 19.2 Å². The average molecular weight is 336 g/mol. The van der Waals surface area contributed by atoms with Crippen LogP contribution < -0.4 is 15.8 Å². The zero-order chi connectivity index (χ0) is 18.0. The molecule has 0 radical (unpaired) electrons. The van der Waals surface area contributed by atoms with Gasteiger partial charge in [0.15, 0.2) is 0 Å². The van der Waals surface area contributed by atoms with Crippen molar-refractivity contribution in [1.29, 1.82) is 0 Å². The molecule has 3 atom stereocenters. The van der Waals surface area contributed by atoms with Gasteiger partial charge in [-0.1, -0.05) is 32.0 Å². The topological polar surface area (TPSA) is 93.8 Å². The highest BCUT2D eigenvalue weighted by Gasteiger charge is 2.62. The second kappa shape index (κ2) is 7.09. The predicted molar refractivity (Wildman–Crippen MR) is 91.7 cm³/mol. The van der Waals surface area contributed by atoms with Crippen LogP contribution in [0.5, 0.6) is 5.75 Å². The monoisotopic (exact) mass is 336 g/mol. The zero-order valence-corrected chi connectivity index (χ0v) is 14.8. The lowest BCUT2D eigenvalue weighted by atomic mass is 9.54. The third kappa shape index (κ3) is 3.14. The lowest BCUT2D eigenvalue weighted by Crippen LogP contribution is -2.75. The molecular formula is C18H28N2O4. The van der Waals surface area contributed by atoms with Gasteiger partial charge in [-0.15, -0.1) is 0 Å². The van der Waals surface area contributed by atoms with Crippen molar-refractivity contribution in [3.05, 3.63) is 29.8 Å². The Morgan fingerprint density at radius 3 is 2.71 bits per heavy atom. The summed E-state index contributed by atoms with van der Waals surface area (Å²) in [6, 6.07) is 7.18. The fraction of sp³-hybridized carbons (Fsp3) is 0.611. The van der Waals surface area contributed by atoms with Crippen LogP contribution in [0.4, 0.5) is 0 Å². The summed E-state index contributed by atoms with van der Waals surface area (Å²) >= 11 is 0. The molecule has 6 nitrogen and oxygen atoms in total. The lowest BCUT2D eigenvalue weighted by molar-refractivity contribution is -0.170. The Morgan fingerprint density at radius 2 is 2.12 bits per heavy atom. The van der Waals surface area contributed by atoms with Crippen LogP contribution in [0.25, 0.3) is 0 Å². The zero-order valence-electron chi connectivity index (χ0n) is 14.8. The molecule has 4 N–H and O–H groups in total. The van der Waals surface area contributed by atoms with Crippen molar-refractivity contribution in [2.24, 2.45) is 11.1 Å². The van der Waals surface area contributed by atoms with E-state index in [9.17, 15) is 9.90 Å². The highest BCUT2D eigenvalue weighted by Crippen LogP contribution is 2.49. The van der Waals surface area contributed by atoms with E-state index in [2.05, 4.69) is 5.32 Å². The maximum Gasteiger partial charge on any atom is 0.240 e. The number of nitrogens with one attached hydrogen (secondary N) is 1. The number of amides is 1. The molecule has 0 spiro atoms. The molecule has 0 bridgehead atoms. The van der Waals surface area contributed by atoms with Gasteiger partial charge in [0.2, 0.25) is 5.91 Å². The molecule has 0 aromatic heterocycles. The number of hydrogen-bond acceptors (Lipinski definition) is 5. The van der Waals surface area contributed by atoms with E-state index in [4.69, 9.17) is 15.2 Å². The van der Waals surface area contributed by atoms with Gasteiger partial charge < -0.3 is 25.6 Å². The Bertz CT molecular complexity index is 590. The predicted octanol–water partition coefficient (Wildman–Crippen LogP) is 1.38. The highest BCUT2D eigenvalue weighted by atomic mass is 16.5. The van der Waals surface area contributed by atoms with Gasteiger partial charge in [-0.25, -0.2) is 0 Å². The first kappa shape index (κ1) is 18.7. The summed E-state index contributed by atoms with van der Waals surface area (Å²) in [5, 5.41) is 13.1. The normalized spacial score (nSPS) is 26.3. The standard InChI is InChI=1S/C18H28N2O4/c1-5-24-15-10-18(19,17(15,2)3)16(22)20-11-13(21)12-8-6-7-9-14(12)23-4/h6-9,13,15,21H,5,10-11,19H2,1-4H3,(H,20,22). The molecule has 134 valence electrons. The van der Waals surface area contributed by atoms with E-state index in [-0.39, 0.29) is 18.6 Å². The van der Waals surface area contributed by atoms with Crippen molar-refractivity contribution < 1.29 is 19.4 Å². The molecular weight excluding hydrogens is 308 g/mol. The van der Waals surface area contributed by atoms with Gasteiger partial charge in [0.1, 0.15) is 11.3 Å². The number of nitrogens with two attached hydrogens (primary N) is 1. The molecule has 1 aliphatic carbocycles. The van der Waals surface area contributed by atoms with Crippen molar-refractivity contribution in [2.45, 2.75) is 44.9 Å². The average Bonchev–Trinajstić information content (AvgIpc) is 2.58. The van der Waals surface area contributed by atoms with Crippen LogP contribution in [0.15, 0.2) is 24.3 Å². The number of para-hydroxylation sites is 1. The number of hydrogen-bond donors (Lipinski definition) is 3. The molecule has 1 aromatic rings. The van der Waals surface area contributed by atoms with Crippen molar-refractivity contribution in [2.75, 3.05) is 20.3 Å². The molecule has 24 heavy (non-hydrogen) atoms. The summed E-state index contributed by atoms with van der Waals surface area (Å²) in [7, 11) is 1.55. The Hall–Kier alpha value is -1.63. The fourth-order valence-corrected chi connectivity index (χ4v) is 3.22. The van der Waals surface area contributed by atoms with Gasteiger partial charge in [-0.3, -0.25) is 4.79 Å². The Kier molecular flexibility index (Phi) is 5.52. The molecule has 6 heteroatoms. The fourth-order valence-electron chi connectivity index (χ4n) is 3.22. The molecule has 1 amide bonds. The second-order valence-corrected chi connectivity index (χ2v) is 6.81. The van der Waals surface area contributed by atoms with Gasteiger partial charge >= 0.3 is 0 Å². The third-order valence-corrected chi connectivity index (χ3v) is 5.19. The summed E-state index contributed by atoms with van der Waals surface area (Å²) in [4.78, 5) is 12.6. The van der Waals surface area contributed by atoms with E-state index >= 15 is 0 Å². The van der Waals surface area contributed by atoms with Gasteiger partial charge in [0.25, 0.3) is 0 Å². The van der Waals surface area contributed by atoms with E-state index in [1.807, 2.05) is 32.9 Å². The minimum absolute atomic E-state index is 0.0302. The number of methoxy groups -OCH3 is 1. The van der Waals surface area contributed by atoms with E-state index in [0.29, 0.717) is 24.3 Å². The van der Waals surface area contributed by atoms with Gasteiger partial charge in [-0.05, 0) is 13.0 Å². The number of ether oxygens (including phenoxy) is 2. The summed E-state index contributed by atoms with van der Waals surface area (Å²) in [5.74, 6) is 0.319. The van der Waals surface area contributed by atoms with Crippen LogP contribution in [0.2, 0.25) is 0 Å². The van der Waals surface area contributed by atoms with Gasteiger partial charge in [-0.2, -0.15) is 0 Å². The smallest absolute Gasteiger partial charge is 0.240 e. The first-order valence-corrected chi connectivity index (χ1v) is 8.27. The summed E-state index contributed by atoms with van der Waals surface area (Å²) in [6.45, 7) is 6.47. The van der Waals surface area contributed by atoms with Crippen LogP contribution in [-0.4, -0.2) is 42.9 Å². The molecule has 1 aromatic carbocycles. The first-order chi connectivity index (χ1) is 11.3. The van der Waals surface area contributed by atoms with Crippen molar-refractivity contribution >= 4 is 5.91 Å². The van der Waals surface area contributed by atoms with Gasteiger partial charge in [0, 0.05) is 30.6 Å². The highest BCUT2D eigenvalue weighted by molar-refractivity contribution is 5.88. The third-order valence-electron chi connectivity index (χ3n) is 5.19. The van der Waals surface area contributed by atoms with E-state index in [1.165, 1.54) is 0 Å². The Balaban J connectivity index is 1.98. The number of carbonyl (C=O) groups excluding carboxylic acids is 1. The number of aliphatic hydroxyl groups is 1. The summed E-state index contributed by atoms with van der Waals surface area (Å²) < 4.78 is 10.9. The lowest BCUT2D eigenvalue weighted by Gasteiger charge is -2.57. The van der Waals surface area contributed by atoms with Crippen molar-refractivity contribution in [3.8, 4) is 5.75 Å². The maximum atomic E-state index is 12.6. The Morgan fingerprint density at radius 1 is 1.46 bits per heavy atom. The van der Waals surface area contributed by atoms with Crippen LogP contribution in [0, 0.1) is 5.41 Å². The Labute approximate surface area is 143 Å². The summed E-state index contributed by atoms with van der Waals surface area (Å²) in [5.41, 5.74) is 5.51. The van der Waals surface area contributed by atoms with Gasteiger partial charge in [0.05, 0.1) is 19.3 Å². The van der Waals surface area contributed by atoms with Crippen molar-refractivity contribution in [1.82, 2.24) is 5.32 Å². The number of aliphatic hydroxyl groups excluding tert-OH is 1. The second-order valence-electron chi connectivity index (χ2n) is 6.81. The SMILES string of the molecule is CCOC1CC(N)(C(=O)NCC(O)c2ccccc2OC)C1(C)C. The molecule has 3 unspecified atom stereocenters. The van der Waals surface area contributed by atoms with Crippen molar-refractivity contribution in [3.63, 3.8) is 0 Å². The van der Waals surface area contributed by atoms with Crippen LogP contribution in [-0.2, 0) is 9.53 Å². The van der Waals surface area contributed by atoms with E-state index in [0.717, 1.165) is 0 Å². The maximum absolute atomic E-state index is 12.6. The minimum Gasteiger partial charge on any atom is -0.496 e. The quantitative estimate of drug-likeness (QED) is 0.699. The number of rotatable bonds is 7. The molecule has 1 fully saturated rings. The molecule has 2 rings (SSSR count). The largest absolute Gasteiger partial charge is 0.496 e. The van der Waals surface area contributed by atoms with E-state index < -0.39 is 17.1 Å². The number of carbonyl (C=O) groups is 1. The number of benzene rings is 1. The van der Waals surface area contributed by atoms with Crippen LogP contribution >= 0.6 is 0 Å². The molecule has 1 aliphatic rings. The summed E-state index contributed by atoms with van der Waals surface area (Å²) in [6.07, 6.45) is -0.415. The minimum atomic E-state index is -0.993. The molecule has 0 aliphatic heterocycles. The van der Waals surface area contributed by atoms with Crippen LogP contribution in [0.3, 0.4) is 0 Å². The molecule has 0 saturated heterocycles. The van der Waals surface area contributed by atoms with Crippen LogP contribution in [0.1, 0.15) is 38.9 Å².